The Morgan fingerprint density at radius 3 is 2.25 bits per heavy atom. The number of ether oxygens (including phenoxy) is 2. The van der Waals surface area contributed by atoms with Crippen LogP contribution in [-0.4, -0.2) is 54.2 Å². The van der Waals surface area contributed by atoms with Crippen molar-refractivity contribution in [2.75, 3.05) is 26.7 Å². The number of benzene rings is 2. The number of aliphatic hydroxyl groups is 1. The van der Waals surface area contributed by atoms with Gasteiger partial charge in [-0.1, -0.05) is 60.7 Å². The lowest BCUT2D eigenvalue weighted by Gasteiger charge is -2.35. The molecule has 0 saturated carbocycles. The maximum Gasteiger partial charge on any atom is 0.195 e. The van der Waals surface area contributed by atoms with E-state index < -0.39 is 11.7 Å². The van der Waals surface area contributed by atoms with Crippen molar-refractivity contribution < 1.29 is 19.4 Å². The summed E-state index contributed by atoms with van der Waals surface area (Å²) < 4.78 is 11.7. The van der Waals surface area contributed by atoms with Gasteiger partial charge in [0, 0.05) is 13.1 Å². The van der Waals surface area contributed by atoms with Crippen molar-refractivity contribution in [1.29, 1.82) is 0 Å². The fraction of sp³-hybridized carbons (Fsp3) is 0.435. The van der Waals surface area contributed by atoms with Crippen molar-refractivity contribution in [2.45, 2.75) is 37.8 Å². The molecular formula is C23H29NO4. The fourth-order valence-electron chi connectivity index (χ4n) is 3.36. The smallest absolute Gasteiger partial charge is 0.195 e. The van der Waals surface area contributed by atoms with E-state index in [4.69, 9.17) is 9.47 Å². The molecule has 0 radical (unpaired) electrons. The van der Waals surface area contributed by atoms with E-state index in [0.717, 1.165) is 17.7 Å². The van der Waals surface area contributed by atoms with Crippen molar-refractivity contribution in [2.24, 2.45) is 0 Å². The number of ketones is 1. The number of carbonyl (C=O) groups is 1. The zero-order valence-corrected chi connectivity index (χ0v) is 16.4. The molecule has 2 aromatic carbocycles. The summed E-state index contributed by atoms with van der Waals surface area (Å²) in [7, 11) is 2.00. The van der Waals surface area contributed by atoms with Crippen LogP contribution in [0.15, 0.2) is 60.7 Å². The third-order valence-electron chi connectivity index (χ3n) is 5.18. The molecule has 1 saturated heterocycles. The van der Waals surface area contributed by atoms with E-state index in [1.54, 1.807) is 0 Å². The van der Waals surface area contributed by atoms with Gasteiger partial charge in [0.05, 0.1) is 19.8 Å². The Morgan fingerprint density at radius 2 is 1.61 bits per heavy atom. The number of Topliss-reactive ketones (excluding diaryl/α,β-unsaturated/α-hetero) is 1. The highest BCUT2D eigenvalue weighted by Gasteiger charge is 2.42. The zero-order valence-electron chi connectivity index (χ0n) is 16.4. The van der Waals surface area contributed by atoms with Crippen LogP contribution in [0.25, 0.3) is 0 Å². The first-order chi connectivity index (χ1) is 13.6. The second kappa shape index (κ2) is 9.94. The number of rotatable bonds is 7. The monoisotopic (exact) mass is 383 g/mol. The van der Waals surface area contributed by atoms with Crippen molar-refractivity contribution in [3.8, 4) is 0 Å². The fourth-order valence-corrected chi connectivity index (χ4v) is 3.36. The van der Waals surface area contributed by atoms with Crippen LogP contribution in [-0.2, 0) is 27.5 Å². The van der Waals surface area contributed by atoms with Gasteiger partial charge < -0.3 is 19.5 Å². The topological polar surface area (TPSA) is 59.0 Å². The van der Waals surface area contributed by atoms with Crippen LogP contribution in [0.5, 0.6) is 0 Å². The minimum Gasteiger partial charge on any atom is -0.379 e. The van der Waals surface area contributed by atoms with Crippen LogP contribution < -0.4 is 0 Å². The number of hydrogen-bond donors (Lipinski definition) is 1. The summed E-state index contributed by atoms with van der Waals surface area (Å²) in [5, 5.41) is 11.1. The molecule has 0 unspecified atom stereocenters. The van der Waals surface area contributed by atoms with Gasteiger partial charge >= 0.3 is 0 Å². The molecule has 28 heavy (non-hydrogen) atoms. The van der Waals surface area contributed by atoms with Crippen molar-refractivity contribution >= 4 is 5.78 Å². The lowest BCUT2D eigenvalue weighted by Crippen LogP contribution is -2.53. The molecule has 1 heterocycles. The van der Waals surface area contributed by atoms with Gasteiger partial charge in [0.1, 0.15) is 11.7 Å². The van der Waals surface area contributed by atoms with Gasteiger partial charge in [0.2, 0.25) is 0 Å². The van der Waals surface area contributed by atoms with Crippen LogP contribution >= 0.6 is 0 Å². The highest BCUT2D eigenvalue weighted by molar-refractivity contribution is 5.91. The Morgan fingerprint density at radius 1 is 1.00 bits per heavy atom. The number of likely N-dealkylation sites (tertiary alicyclic amines) is 1. The predicted octanol–water partition coefficient (Wildman–Crippen LogP) is 2.81. The molecule has 0 bridgehead atoms. The van der Waals surface area contributed by atoms with Crippen molar-refractivity contribution in [3.63, 3.8) is 0 Å². The molecule has 0 aromatic heterocycles. The van der Waals surface area contributed by atoms with Gasteiger partial charge in [0.25, 0.3) is 0 Å². The molecule has 2 aromatic rings. The van der Waals surface area contributed by atoms with Crippen LogP contribution in [0.4, 0.5) is 0 Å². The highest BCUT2D eigenvalue weighted by atomic mass is 16.5. The van der Waals surface area contributed by atoms with E-state index in [9.17, 15) is 9.90 Å². The van der Waals surface area contributed by atoms with E-state index in [0.29, 0.717) is 32.6 Å². The third-order valence-corrected chi connectivity index (χ3v) is 5.18. The van der Waals surface area contributed by atoms with Crippen LogP contribution in [0.1, 0.15) is 24.0 Å². The molecule has 1 aliphatic rings. The molecule has 1 fully saturated rings. The third kappa shape index (κ3) is 5.72. The molecule has 0 aliphatic carbocycles. The Bertz CT molecular complexity index is 737. The SMILES string of the molecule is CN1CC[C@@H](OCc2ccccc2)C(=O)[C@@](O)(COCc2ccccc2)CC1. The molecular weight excluding hydrogens is 354 g/mol. The van der Waals surface area contributed by atoms with Crippen molar-refractivity contribution in [1.82, 2.24) is 4.90 Å². The van der Waals surface area contributed by atoms with Gasteiger partial charge in [-0.15, -0.1) is 0 Å². The van der Waals surface area contributed by atoms with E-state index in [1.165, 1.54) is 0 Å². The summed E-state index contributed by atoms with van der Waals surface area (Å²) in [6, 6.07) is 19.5. The number of nitrogens with zero attached hydrogens (tertiary/aromatic N) is 1. The quantitative estimate of drug-likeness (QED) is 0.797. The summed E-state index contributed by atoms with van der Waals surface area (Å²) >= 11 is 0. The number of carbonyl (C=O) groups excluding carboxylic acids is 1. The summed E-state index contributed by atoms with van der Waals surface area (Å²) in [6.45, 7) is 2.08. The lowest BCUT2D eigenvalue weighted by atomic mass is 9.88. The molecule has 1 aliphatic heterocycles. The van der Waals surface area contributed by atoms with Gasteiger partial charge in [0.15, 0.2) is 5.78 Å². The molecule has 0 spiro atoms. The lowest BCUT2D eigenvalue weighted by molar-refractivity contribution is -0.161. The molecule has 0 amide bonds. The molecule has 5 nitrogen and oxygen atoms in total. The van der Waals surface area contributed by atoms with Gasteiger partial charge in [-0.05, 0) is 31.0 Å². The maximum absolute atomic E-state index is 13.1. The Labute approximate surface area is 166 Å². The van der Waals surface area contributed by atoms with Crippen LogP contribution in [0, 0.1) is 0 Å². The Hall–Kier alpha value is -2.05. The first-order valence-corrected chi connectivity index (χ1v) is 9.79. The molecule has 5 heteroatoms. The highest BCUT2D eigenvalue weighted by Crippen LogP contribution is 2.23. The molecule has 150 valence electrons. The minimum absolute atomic E-state index is 0.0280. The van der Waals surface area contributed by atoms with Gasteiger partial charge in [-0.25, -0.2) is 0 Å². The Kier molecular flexibility index (Phi) is 7.34. The van der Waals surface area contributed by atoms with E-state index >= 15 is 0 Å². The molecule has 3 rings (SSSR count). The van der Waals surface area contributed by atoms with E-state index in [2.05, 4.69) is 4.90 Å². The van der Waals surface area contributed by atoms with E-state index in [1.807, 2.05) is 67.7 Å². The standard InChI is InChI=1S/C23H29NO4/c1-24-14-12-21(28-17-20-10-6-3-7-11-20)22(25)23(26,13-15-24)18-27-16-19-8-4-2-5-9-19/h2-11,21,26H,12-18H2,1H3/t21-,23+/m1/s1. The minimum atomic E-state index is -1.54. The van der Waals surface area contributed by atoms with Gasteiger partial charge in [-0.2, -0.15) is 0 Å². The second-order valence-electron chi connectivity index (χ2n) is 7.50. The Balaban J connectivity index is 1.64. The summed E-state index contributed by atoms with van der Waals surface area (Å²) in [6.07, 6.45) is 0.249. The van der Waals surface area contributed by atoms with Crippen molar-refractivity contribution in [3.05, 3.63) is 71.8 Å². The summed E-state index contributed by atoms with van der Waals surface area (Å²) in [5.74, 6) is -0.274. The van der Waals surface area contributed by atoms with E-state index in [-0.39, 0.29) is 12.4 Å². The maximum atomic E-state index is 13.1. The molecule has 1 N–H and O–H groups in total. The zero-order chi connectivity index (χ0) is 19.8. The first kappa shape index (κ1) is 20.7. The largest absolute Gasteiger partial charge is 0.379 e. The van der Waals surface area contributed by atoms with Crippen LogP contribution in [0.3, 0.4) is 0 Å². The average molecular weight is 383 g/mol. The number of hydrogen-bond acceptors (Lipinski definition) is 5. The molecule has 2 atom stereocenters. The predicted molar refractivity (Wildman–Crippen MR) is 108 cm³/mol. The van der Waals surface area contributed by atoms with Crippen LogP contribution in [0.2, 0.25) is 0 Å². The summed E-state index contributed by atoms with van der Waals surface area (Å²) in [5.41, 5.74) is 0.484. The summed E-state index contributed by atoms with van der Waals surface area (Å²) in [4.78, 5) is 15.2. The normalized spacial score (nSPS) is 23.9. The first-order valence-electron chi connectivity index (χ1n) is 9.79. The second-order valence-corrected chi connectivity index (χ2v) is 7.50. The average Bonchev–Trinajstić information content (AvgIpc) is 2.73. The van der Waals surface area contributed by atoms with Gasteiger partial charge in [-0.3, -0.25) is 4.79 Å².